The second-order valence-electron chi connectivity index (χ2n) is 4.17. The summed E-state index contributed by atoms with van der Waals surface area (Å²) in [5.74, 6) is 1.60. The third-order valence-corrected chi connectivity index (χ3v) is 2.56. The Balaban J connectivity index is 0.00000144. The fourth-order valence-electron chi connectivity index (χ4n) is 1.78. The van der Waals surface area contributed by atoms with E-state index in [1.807, 2.05) is 25.1 Å². The predicted octanol–water partition coefficient (Wildman–Crippen LogP) is 2.85. The normalized spacial score (nSPS) is 14.7. The summed E-state index contributed by atoms with van der Waals surface area (Å²) in [4.78, 5) is 0. The molecule has 0 spiro atoms. The molecule has 0 fully saturated rings. The van der Waals surface area contributed by atoms with Gasteiger partial charge in [0.05, 0.1) is 0 Å². The van der Waals surface area contributed by atoms with Gasteiger partial charge in [0.1, 0.15) is 13.2 Å². The van der Waals surface area contributed by atoms with Crippen LogP contribution in [0.25, 0.3) is 0 Å². The summed E-state index contributed by atoms with van der Waals surface area (Å²) in [5, 5.41) is 0. The molecule has 1 heterocycles. The maximum atomic E-state index is 6.07. The second-order valence-corrected chi connectivity index (χ2v) is 4.17. The lowest BCUT2D eigenvalue weighted by Gasteiger charge is -2.20. The zero-order valence-corrected chi connectivity index (χ0v) is 10.8. The van der Waals surface area contributed by atoms with Gasteiger partial charge in [0.2, 0.25) is 0 Å². The lowest BCUT2D eigenvalue weighted by atomic mass is 10.0. The van der Waals surface area contributed by atoms with Gasteiger partial charge < -0.3 is 15.2 Å². The molecule has 0 saturated carbocycles. The van der Waals surface area contributed by atoms with Crippen LogP contribution in [0.3, 0.4) is 0 Å². The van der Waals surface area contributed by atoms with E-state index in [2.05, 4.69) is 6.58 Å². The molecule has 0 unspecified atom stereocenters. The first-order chi connectivity index (χ1) is 7.66. The highest BCUT2D eigenvalue weighted by Crippen LogP contribution is 2.33. The molecule has 0 radical (unpaired) electrons. The number of nitrogens with two attached hydrogens (primary N) is 1. The van der Waals surface area contributed by atoms with Crippen molar-refractivity contribution in [3.05, 3.63) is 35.9 Å². The molecule has 1 aromatic rings. The van der Waals surface area contributed by atoms with E-state index in [4.69, 9.17) is 15.2 Å². The molecule has 4 heteroatoms. The van der Waals surface area contributed by atoms with Crippen molar-refractivity contribution in [1.29, 1.82) is 0 Å². The number of fused-ring (bicyclic) bond motifs is 1. The lowest BCUT2D eigenvalue weighted by molar-refractivity contribution is 0.171. The largest absolute Gasteiger partial charge is 0.486 e. The van der Waals surface area contributed by atoms with Gasteiger partial charge in [-0.15, -0.1) is 19.0 Å². The van der Waals surface area contributed by atoms with Gasteiger partial charge in [-0.3, -0.25) is 0 Å². The minimum atomic E-state index is -0.0201. The number of rotatable bonds is 3. The van der Waals surface area contributed by atoms with E-state index in [0.717, 1.165) is 29.1 Å². The molecule has 1 aromatic carbocycles. The van der Waals surface area contributed by atoms with Crippen LogP contribution in [-0.2, 0) is 0 Å². The summed E-state index contributed by atoms with van der Waals surface area (Å²) in [7, 11) is 0. The van der Waals surface area contributed by atoms with Crippen LogP contribution in [-0.4, -0.2) is 13.2 Å². The monoisotopic (exact) mass is 255 g/mol. The number of halogens is 1. The van der Waals surface area contributed by atoms with Crippen LogP contribution in [0.1, 0.15) is 24.9 Å². The number of hydrogen-bond donors (Lipinski definition) is 1. The predicted molar refractivity (Wildman–Crippen MR) is 71.0 cm³/mol. The van der Waals surface area contributed by atoms with Crippen LogP contribution in [0, 0.1) is 0 Å². The molecular weight excluding hydrogens is 238 g/mol. The average Bonchev–Trinajstić information content (AvgIpc) is 2.27. The SMILES string of the molecule is C=C(C)C[C@H](N)c1ccc2c(c1)OCCO2.Cl. The molecule has 2 rings (SSSR count). The highest BCUT2D eigenvalue weighted by atomic mass is 35.5. The Bertz CT molecular complexity index is 406. The minimum absolute atomic E-state index is 0. The Morgan fingerprint density at radius 2 is 2.00 bits per heavy atom. The molecule has 0 aromatic heterocycles. The Kier molecular flexibility index (Phi) is 4.85. The summed E-state index contributed by atoms with van der Waals surface area (Å²) in [6.45, 7) is 7.07. The van der Waals surface area contributed by atoms with E-state index in [1.54, 1.807) is 0 Å². The van der Waals surface area contributed by atoms with Crippen LogP contribution in [0.5, 0.6) is 11.5 Å². The van der Waals surface area contributed by atoms with Crippen molar-refractivity contribution in [3.8, 4) is 11.5 Å². The van der Waals surface area contributed by atoms with E-state index in [-0.39, 0.29) is 18.4 Å². The maximum absolute atomic E-state index is 6.07. The lowest BCUT2D eigenvalue weighted by Crippen LogP contribution is -2.16. The first-order valence-electron chi connectivity index (χ1n) is 5.46. The Morgan fingerprint density at radius 1 is 1.35 bits per heavy atom. The van der Waals surface area contributed by atoms with Gasteiger partial charge in [0.15, 0.2) is 11.5 Å². The Morgan fingerprint density at radius 3 is 2.65 bits per heavy atom. The summed E-state index contributed by atoms with van der Waals surface area (Å²) in [5.41, 5.74) is 8.22. The van der Waals surface area contributed by atoms with Crippen LogP contribution >= 0.6 is 12.4 Å². The molecule has 1 atom stereocenters. The first kappa shape index (κ1) is 13.9. The summed E-state index contributed by atoms with van der Waals surface area (Å²) in [6, 6.07) is 5.85. The Labute approximate surface area is 108 Å². The van der Waals surface area contributed by atoms with Crippen molar-refractivity contribution >= 4 is 12.4 Å². The van der Waals surface area contributed by atoms with E-state index in [1.165, 1.54) is 0 Å². The van der Waals surface area contributed by atoms with Crippen molar-refractivity contribution < 1.29 is 9.47 Å². The molecule has 0 amide bonds. The average molecular weight is 256 g/mol. The number of hydrogen-bond acceptors (Lipinski definition) is 3. The highest BCUT2D eigenvalue weighted by Gasteiger charge is 2.14. The third-order valence-electron chi connectivity index (χ3n) is 2.56. The van der Waals surface area contributed by atoms with Crippen LogP contribution < -0.4 is 15.2 Å². The van der Waals surface area contributed by atoms with E-state index < -0.39 is 0 Å². The van der Waals surface area contributed by atoms with E-state index >= 15 is 0 Å². The summed E-state index contributed by atoms with van der Waals surface area (Å²) in [6.07, 6.45) is 0.791. The van der Waals surface area contributed by atoms with Crippen molar-refractivity contribution in [3.63, 3.8) is 0 Å². The molecule has 1 aliphatic rings. The van der Waals surface area contributed by atoms with Gasteiger partial charge in [-0.25, -0.2) is 0 Å². The number of benzene rings is 1. The van der Waals surface area contributed by atoms with Crippen LogP contribution in [0.15, 0.2) is 30.4 Å². The van der Waals surface area contributed by atoms with Crippen molar-refractivity contribution in [2.75, 3.05) is 13.2 Å². The van der Waals surface area contributed by atoms with Crippen LogP contribution in [0.4, 0.5) is 0 Å². The van der Waals surface area contributed by atoms with Gasteiger partial charge in [-0.1, -0.05) is 11.6 Å². The minimum Gasteiger partial charge on any atom is -0.486 e. The molecule has 1 aliphatic heterocycles. The molecule has 94 valence electrons. The van der Waals surface area contributed by atoms with Gasteiger partial charge in [0.25, 0.3) is 0 Å². The number of ether oxygens (including phenoxy) is 2. The van der Waals surface area contributed by atoms with Gasteiger partial charge in [-0.2, -0.15) is 0 Å². The standard InChI is InChI=1S/C13H17NO2.ClH/c1-9(2)7-11(14)10-3-4-12-13(8-10)16-6-5-15-12;/h3-4,8,11H,1,5-7,14H2,2H3;1H/t11-;/m0./s1. The molecule has 0 aliphatic carbocycles. The maximum Gasteiger partial charge on any atom is 0.161 e. The fraction of sp³-hybridized carbons (Fsp3) is 0.385. The quantitative estimate of drug-likeness (QED) is 0.845. The smallest absolute Gasteiger partial charge is 0.161 e. The first-order valence-corrected chi connectivity index (χ1v) is 5.46. The summed E-state index contributed by atoms with van der Waals surface area (Å²) < 4.78 is 11.0. The van der Waals surface area contributed by atoms with Crippen LogP contribution in [0.2, 0.25) is 0 Å². The van der Waals surface area contributed by atoms with Gasteiger partial charge >= 0.3 is 0 Å². The zero-order chi connectivity index (χ0) is 11.5. The second kappa shape index (κ2) is 5.94. The van der Waals surface area contributed by atoms with E-state index in [0.29, 0.717) is 13.2 Å². The van der Waals surface area contributed by atoms with Gasteiger partial charge in [-0.05, 0) is 31.0 Å². The van der Waals surface area contributed by atoms with Crippen molar-refractivity contribution in [2.45, 2.75) is 19.4 Å². The molecule has 3 nitrogen and oxygen atoms in total. The third kappa shape index (κ3) is 3.38. The Hall–Kier alpha value is -1.19. The highest BCUT2D eigenvalue weighted by molar-refractivity contribution is 5.85. The summed E-state index contributed by atoms with van der Waals surface area (Å²) >= 11 is 0. The molecule has 0 saturated heterocycles. The topological polar surface area (TPSA) is 44.5 Å². The molecule has 17 heavy (non-hydrogen) atoms. The van der Waals surface area contributed by atoms with Crippen molar-refractivity contribution in [1.82, 2.24) is 0 Å². The fourth-order valence-corrected chi connectivity index (χ4v) is 1.78. The van der Waals surface area contributed by atoms with Crippen molar-refractivity contribution in [2.24, 2.45) is 5.73 Å². The molecule has 2 N–H and O–H groups in total. The zero-order valence-electron chi connectivity index (χ0n) is 9.94. The van der Waals surface area contributed by atoms with Gasteiger partial charge in [0, 0.05) is 6.04 Å². The molecular formula is C13H18ClNO2. The molecule has 0 bridgehead atoms. The van der Waals surface area contributed by atoms with E-state index in [9.17, 15) is 0 Å².